The first kappa shape index (κ1) is 12.6. The van der Waals surface area contributed by atoms with E-state index >= 15 is 0 Å². The summed E-state index contributed by atoms with van der Waals surface area (Å²) in [5.41, 5.74) is 3.07. The SMILES string of the molecule is Cc1cc(C(C)Nc2cnc(C)c(C)n2)c(C)o1. The zero-order valence-electron chi connectivity index (χ0n) is 11.5. The number of aromatic nitrogens is 2. The molecule has 2 aromatic heterocycles. The number of aryl methyl sites for hydroxylation is 4. The normalized spacial score (nSPS) is 12.5. The molecular formula is C14H19N3O. The molecule has 1 unspecified atom stereocenters. The van der Waals surface area contributed by atoms with E-state index in [1.165, 1.54) is 0 Å². The van der Waals surface area contributed by atoms with E-state index < -0.39 is 0 Å². The van der Waals surface area contributed by atoms with Crippen molar-refractivity contribution in [1.82, 2.24) is 9.97 Å². The number of hydrogen-bond acceptors (Lipinski definition) is 4. The highest BCUT2D eigenvalue weighted by Crippen LogP contribution is 2.24. The van der Waals surface area contributed by atoms with E-state index in [1.807, 2.05) is 27.7 Å². The molecule has 4 heteroatoms. The van der Waals surface area contributed by atoms with Gasteiger partial charge in [0.05, 0.1) is 23.6 Å². The molecule has 0 aliphatic carbocycles. The summed E-state index contributed by atoms with van der Waals surface area (Å²) < 4.78 is 5.54. The molecule has 0 aromatic carbocycles. The first-order valence-corrected chi connectivity index (χ1v) is 6.11. The zero-order chi connectivity index (χ0) is 13.3. The molecule has 0 bridgehead atoms. The maximum atomic E-state index is 5.54. The number of nitrogens with zero attached hydrogens (tertiary/aromatic N) is 2. The number of anilines is 1. The summed E-state index contributed by atoms with van der Waals surface area (Å²) >= 11 is 0. The van der Waals surface area contributed by atoms with E-state index in [1.54, 1.807) is 6.20 Å². The van der Waals surface area contributed by atoms with Gasteiger partial charge in [-0.2, -0.15) is 0 Å². The van der Waals surface area contributed by atoms with Crippen LogP contribution in [0.5, 0.6) is 0 Å². The van der Waals surface area contributed by atoms with E-state index in [0.29, 0.717) is 0 Å². The quantitative estimate of drug-likeness (QED) is 0.899. The molecule has 1 atom stereocenters. The number of rotatable bonds is 3. The lowest BCUT2D eigenvalue weighted by atomic mass is 10.1. The van der Waals surface area contributed by atoms with Crippen LogP contribution in [-0.4, -0.2) is 9.97 Å². The van der Waals surface area contributed by atoms with Crippen molar-refractivity contribution in [1.29, 1.82) is 0 Å². The van der Waals surface area contributed by atoms with Gasteiger partial charge < -0.3 is 9.73 Å². The average Bonchev–Trinajstić information content (AvgIpc) is 2.63. The van der Waals surface area contributed by atoms with Crippen LogP contribution in [0.4, 0.5) is 5.82 Å². The summed E-state index contributed by atoms with van der Waals surface area (Å²) in [4.78, 5) is 8.78. The maximum Gasteiger partial charge on any atom is 0.145 e. The molecule has 1 N–H and O–H groups in total. The molecule has 2 heterocycles. The molecule has 0 saturated heterocycles. The third-order valence-corrected chi connectivity index (χ3v) is 3.10. The predicted octanol–water partition coefficient (Wildman–Crippen LogP) is 3.48. The van der Waals surface area contributed by atoms with Crippen LogP contribution in [0.15, 0.2) is 16.7 Å². The standard InChI is InChI=1S/C14H19N3O/c1-8-6-13(12(5)18-8)11(4)17-14-7-15-9(2)10(3)16-14/h6-7,11H,1-5H3,(H,16,17). The fourth-order valence-electron chi connectivity index (χ4n) is 1.99. The van der Waals surface area contributed by atoms with Gasteiger partial charge in [-0.3, -0.25) is 4.98 Å². The van der Waals surface area contributed by atoms with Gasteiger partial charge in [-0.1, -0.05) is 0 Å². The Hall–Kier alpha value is -1.84. The van der Waals surface area contributed by atoms with Crippen molar-refractivity contribution in [2.75, 3.05) is 5.32 Å². The second-order valence-electron chi connectivity index (χ2n) is 4.66. The fraction of sp³-hybridized carbons (Fsp3) is 0.429. The van der Waals surface area contributed by atoms with Gasteiger partial charge in [0.25, 0.3) is 0 Å². The van der Waals surface area contributed by atoms with Gasteiger partial charge in [0.1, 0.15) is 17.3 Å². The minimum Gasteiger partial charge on any atom is -0.466 e. The third-order valence-electron chi connectivity index (χ3n) is 3.10. The first-order valence-electron chi connectivity index (χ1n) is 6.11. The summed E-state index contributed by atoms with van der Waals surface area (Å²) in [7, 11) is 0. The highest BCUT2D eigenvalue weighted by Gasteiger charge is 2.13. The third kappa shape index (κ3) is 2.53. The van der Waals surface area contributed by atoms with Crippen LogP contribution in [0.1, 0.15) is 41.4 Å². The molecule has 2 aromatic rings. The van der Waals surface area contributed by atoms with Crippen molar-refractivity contribution in [3.8, 4) is 0 Å². The van der Waals surface area contributed by atoms with Crippen LogP contribution >= 0.6 is 0 Å². The molecule has 0 fully saturated rings. The van der Waals surface area contributed by atoms with Gasteiger partial charge in [0.15, 0.2) is 0 Å². The van der Waals surface area contributed by atoms with Gasteiger partial charge in [-0.25, -0.2) is 4.98 Å². The highest BCUT2D eigenvalue weighted by atomic mass is 16.3. The highest BCUT2D eigenvalue weighted by molar-refractivity contribution is 5.38. The van der Waals surface area contributed by atoms with Crippen molar-refractivity contribution in [3.05, 3.63) is 40.7 Å². The second-order valence-corrected chi connectivity index (χ2v) is 4.66. The minimum absolute atomic E-state index is 0.152. The van der Waals surface area contributed by atoms with E-state index in [0.717, 1.165) is 34.3 Å². The Morgan fingerprint density at radius 1 is 1.17 bits per heavy atom. The van der Waals surface area contributed by atoms with E-state index in [4.69, 9.17) is 4.42 Å². The first-order chi connectivity index (χ1) is 8.47. The monoisotopic (exact) mass is 245 g/mol. The number of hydrogen-bond donors (Lipinski definition) is 1. The summed E-state index contributed by atoms with van der Waals surface area (Å²) in [6.45, 7) is 9.95. The molecule has 18 heavy (non-hydrogen) atoms. The Morgan fingerprint density at radius 3 is 2.44 bits per heavy atom. The lowest BCUT2D eigenvalue weighted by Crippen LogP contribution is -2.09. The summed E-state index contributed by atoms with van der Waals surface area (Å²) in [6.07, 6.45) is 1.76. The van der Waals surface area contributed by atoms with E-state index in [9.17, 15) is 0 Å². The predicted molar refractivity (Wildman–Crippen MR) is 71.7 cm³/mol. The van der Waals surface area contributed by atoms with Gasteiger partial charge in [0, 0.05) is 5.56 Å². The van der Waals surface area contributed by atoms with Crippen molar-refractivity contribution >= 4 is 5.82 Å². The lowest BCUT2D eigenvalue weighted by Gasteiger charge is -2.14. The van der Waals surface area contributed by atoms with Crippen molar-refractivity contribution in [2.45, 2.75) is 40.7 Å². The molecular weight excluding hydrogens is 226 g/mol. The van der Waals surface area contributed by atoms with Crippen LogP contribution in [0, 0.1) is 27.7 Å². The summed E-state index contributed by atoms with van der Waals surface area (Å²) in [5.74, 6) is 2.68. The molecule has 0 aliphatic rings. The molecule has 0 saturated carbocycles. The summed E-state index contributed by atoms with van der Waals surface area (Å²) in [6, 6.07) is 2.21. The number of nitrogens with one attached hydrogen (secondary N) is 1. The topological polar surface area (TPSA) is 51.0 Å². The zero-order valence-corrected chi connectivity index (χ0v) is 11.5. The van der Waals surface area contributed by atoms with Crippen LogP contribution < -0.4 is 5.32 Å². The molecule has 0 radical (unpaired) electrons. The van der Waals surface area contributed by atoms with Crippen LogP contribution in [0.25, 0.3) is 0 Å². The smallest absolute Gasteiger partial charge is 0.145 e. The lowest BCUT2D eigenvalue weighted by molar-refractivity contribution is 0.499. The maximum absolute atomic E-state index is 5.54. The van der Waals surface area contributed by atoms with Crippen LogP contribution in [-0.2, 0) is 0 Å². The Labute approximate surface area is 107 Å². The Bertz CT molecular complexity index is 560. The summed E-state index contributed by atoms with van der Waals surface area (Å²) in [5, 5.41) is 3.35. The molecule has 2 rings (SSSR count). The molecule has 96 valence electrons. The van der Waals surface area contributed by atoms with Gasteiger partial charge in [-0.15, -0.1) is 0 Å². The van der Waals surface area contributed by atoms with Crippen LogP contribution in [0.3, 0.4) is 0 Å². The average molecular weight is 245 g/mol. The van der Waals surface area contributed by atoms with E-state index in [2.05, 4.69) is 28.3 Å². The molecule has 4 nitrogen and oxygen atoms in total. The van der Waals surface area contributed by atoms with Crippen molar-refractivity contribution in [3.63, 3.8) is 0 Å². The van der Waals surface area contributed by atoms with Crippen LogP contribution in [0.2, 0.25) is 0 Å². The van der Waals surface area contributed by atoms with Crippen molar-refractivity contribution < 1.29 is 4.42 Å². The van der Waals surface area contributed by atoms with Gasteiger partial charge in [-0.05, 0) is 40.7 Å². The minimum atomic E-state index is 0.152. The fourth-order valence-corrected chi connectivity index (χ4v) is 1.99. The number of furan rings is 1. The Morgan fingerprint density at radius 2 is 1.89 bits per heavy atom. The Balaban J connectivity index is 2.18. The van der Waals surface area contributed by atoms with Gasteiger partial charge >= 0.3 is 0 Å². The molecule has 0 spiro atoms. The van der Waals surface area contributed by atoms with Gasteiger partial charge in [0.2, 0.25) is 0 Å². The van der Waals surface area contributed by atoms with E-state index in [-0.39, 0.29) is 6.04 Å². The second kappa shape index (κ2) is 4.80. The largest absolute Gasteiger partial charge is 0.466 e. The molecule has 0 amide bonds. The Kier molecular flexibility index (Phi) is 3.36. The van der Waals surface area contributed by atoms with Crippen molar-refractivity contribution in [2.24, 2.45) is 0 Å². The molecule has 0 aliphatic heterocycles.